The van der Waals surface area contributed by atoms with Crippen LogP contribution in [-0.2, 0) is 0 Å². The second-order valence-electron chi connectivity index (χ2n) is 4.14. The molecule has 2 aromatic carbocycles. The number of benzene rings is 2. The summed E-state index contributed by atoms with van der Waals surface area (Å²) in [7, 11) is 0. The van der Waals surface area contributed by atoms with E-state index in [0.29, 0.717) is 24.0 Å². The number of aliphatic hydroxyl groups is 1. The molecule has 21 heavy (non-hydrogen) atoms. The summed E-state index contributed by atoms with van der Waals surface area (Å²) in [5.74, 6) is 6.86. The summed E-state index contributed by atoms with van der Waals surface area (Å²) in [6.07, 6.45) is 0. The van der Waals surface area contributed by atoms with Crippen molar-refractivity contribution in [2.75, 3.05) is 19.8 Å². The van der Waals surface area contributed by atoms with Gasteiger partial charge in [0.25, 0.3) is 0 Å². The lowest BCUT2D eigenvalue weighted by Gasteiger charge is -2.08. The quantitative estimate of drug-likeness (QED) is 0.681. The van der Waals surface area contributed by atoms with E-state index < -0.39 is 0 Å². The fourth-order valence-corrected chi connectivity index (χ4v) is 1.86. The molecule has 0 atom stereocenters. The van der Waals surface area contributed by atoms with Gasteiger partial charge in [-0.05, 0) is 36.4 Å². The predicted molar refractivity (Wildman–Crippen MR) is 82.8 cm³/mol. The van der Waals surface area contributed by atoms with E-state index in [1.54, 1.807) is 12.1 Å². The van der Waals surface area contributed by atoms with Crippen LogP contribution in [-0.4, -0.2) is 24.9 Å². The van der Waals surface area contributed by atoms with Crippen molar-refractivity contribution in [1.82, 2.24) is 0 Å². The Morgan fingerprint density at radius 2 is 1.62 bits per heavy atom. The highest BCUT2D eigenvalue weighted by Gasteiger charge is 1.97. The topological polar surface area (TPSA) is 38.7 Å². The minimum Gasteiger partial charge on any atom is -0.490 e. The molecular formula is C17H15ClO3. The summed E-state index contributed by atoms with van der Waals surface area (Å²) >= 11 is 5.87. The Hall–Kier alpha value is -2.15. The zero-order chi connectivity index (χ0) is 14.9. The van der Waals surface area contributed by atoms with Gasteiger partial charge in [0, 0.05) is 10.6 Å². The van der Waals surface area contributed by atoms with Crippen LogP contribution in [0, 0.1) is 11.8 Å². The van der Waals surface area contributed by atoms with Gasteiger partial charge in [-0.2, -0.15) is 0 Å². The molecule has 3 nitrogen and oxygen atoms in total. The van der Waals surface area contributed by atoms with E-state index in [0.717, 1.165) is 11.3 Å². The molecule has 1 N–H and O–H groups in total. The van der Waals surface area contributed by atoms with Crippen LogP contribution in [0.25, 0.3) is 0 Å². The molecule has 0 aliphatic carbocycles. The molecule has 0 bridgehead atoms. The van der Waals surface area contributed by atoms with Crippen LogP contribution in [0.3, 0.4) is 0 Å². The first-order valence-corrected chi connectivity index (χ1v) is 6.87. The molecule has 0 unspecified atom stereocenters. The van der Waals surface area contributed by atoms with Crippen molar-refractivity contribution < 1.29 is 14.6 Å². The van der Waals surface area contributed by atoms with Crippen LogP contribution >= 0.6 is 11.6 Å². The zero-order valence-electron chi connectivity index (χ0n) is 11.4. The highest BCUT2D eigenvalue weighted by molar-refractivity contribution is 6.30. The van der Waals surface area contributed by atoms with Gasteiger partial charge in [0.15, 0.2) is 0 Å². The number of hydrogen-bond donors (Lipinski definition) is 1. The van der Waals surface area contributed by atoms with E-state index in [4.69, 9.17) is 26.2 Å². The van der Waals surface area contributed by atoms with Crippen molar-refractivity contribution >= 4 is 11.6 Å². The summed E-state index contributed by atoms with van der Waals surface area (Å²) in [6, 6.07) is 14.6. The molecule has 0 aromatic heterocycles. The van der Waals surface area contributed by atoms with E-state index in [-0.39, 0.29) is 6.61 Å². The fourth-order valence-electron chi connectivity index (χ4n) is 1.68. The first kappa shape index (κ1) is 15.2. The van der Waals surface area contributed by atoms with Crippen LogP contribution in [0.5, 0.6) is 11.5 Å². The molecule has 0 fully saturated rings. The maximum atomic E-state index is 8.67. The van der Waals surface area contributed by atoms with Crippen LogP contribution < -0.4 is 9.47 Å². The smallest absolute Gasteiger partial charge is 0.122 e. The van der Waals surface area contributed by atoms with Crippen molar-refractivity contribution in [2.24, 2.45) is 0 Å². The van der Waals surface area contributed by atoms with E-state index in [9.17, 15) is 0 Å². The Morgan fingerprint density at radius 3 is 2.29 bits per heavy atom. The second kappa shape index (κ2) is 8.21. The van der Waals surface area contributed by atoms with Gasteiger partial charge in [0.2, 0.25) is 0 Å². The fraction of sp³-hybridized carbons (Fsp3) is 0.176. The monoisotopic (exact) mass is 302 g/mol. The molecular weight excluding hydrogens is 288 g/mol. The zero-order valence-corrected chi connectivity index (χ0v) is 12.1. The Labute approximate surface area is 129 Å². The van der Waals surface area contributed by atoms with Crippen molar-refractivity contribution in [3.8, 4) is 23.3 Å². The number of aliphatic hydroxyl groups excluding tert-OH is 1. The van der Waals surface area contributed by atoms with Gasteiger partial charge in [-0.25, -0.2) is 0 Å². The highest BCUT2D eigenvalue weighted by Crippen LogP contribution is 2.17. The lowest BCUT2D eigenvalue weighted by molar-refractivity contribution is 0.217. The van der Waals surface area contributed by atoms with E-state index in [1.165, 1.54) is 0 Å². The van der Waals surface area contributed by atoms with Gasteiger partial charge in [0.05, 0.1) is 0 Å². The molecule has 0 radical (unpaired) electrons. The minimum atomic E-state index is -0.154. The Bertz CT molecular complexity index is 644. The molecule has 0 spiro atoms. The highest BCUT2D eigenvalue weighted by atomic mass is 35.5. The van der Waals surface area contributed by atoms with Crippen LogP contribution in [0.15, 0.2) is 48.5 Å². The first-order valence-electron chi connectivity index (χ1n) is 6.49. The summed E-state index contributed by atoms with van der Waals surface area (Å²) in [5.41, 5.74) is 0.803. The van der Waals surface area contributed by atoms with Crippen LogP contribution in [0.1, 0.15) is 5.56 Å². The van der Waals surface area contributed by atoms with Gasteiger partial charge in [-0.3, -0.25) is 0 Å². The third-order valence-corrected chi connectivity index (χ3v) is 2.80. The number of rotatable bonds is 5. The SMILES string of the molecule is OCC#Cc1cccc(OCCOc2cccc(Cl)c2)c1. The van der Waals surface area contributed by atoms with E-state index in [2.05, 4.69) is 11.8 Å². The van der Waals surface area contributed by atoms with Gasteiger partial charge in [-0.1, -0.05) is 35.6 Å². The van der Waals surface area contributed by atoms with Gasteiger partial charge in [0.1, 0.15) is 31.3 Å². The summed E-state index contributed by atoms with van der Waals surface area (Å²) < 4.78 is 11.1. The normalized spacial score (nSPS) is 9.62. The van der Waals surface area contributed by atoms with E-state index >= 15 is 0 Å². The Kier molecular flexibility index (Phi) is 5.96. The second-order valence-corrected chi connectivity index (χ2v) is 4.58. The Balaban J connectivity index is 1.81. The molecule has 4 heteroatoms. The number of ether oxygens (including phenoxy) is 2. The molecule has 108 valence electrons. The molecule has 0 aliphatic rings. The van der Waals surface area contributed by atoms with Gasteiger partial charge in [-0.15, -0.1) is 0 Å². The van der Waals surface area contributed by atoms with Gasteiger partial charge < -0.3 is 14.6 Å². The van der Waals surface area contributed by atoms with Crippen molar-refractivity contribution in [3.63, 3.8) is 0 Å². The Morgan fingerprint density at radius 1 is 0.952 bits per heavy atom. The van der Waals surface area contributed by atoms with Crippen molar-refractivity contribution in [1.29, 1.82) is 0 Å². The number of halogens is 1. The molecule has 2 rings (SSSR count). The lowest BCUT2D eigenvalue weighted by atomic mass is 10.2. The lowest BCUT2D eigenvalue weighted by Crippen LogP contribution is -2.08. The molecule has 2 aromatic rings. The maximum absolute atomic E-state index is 8.67. The van der Waals surface area contributed by atoms with Crippen molar-refractivity contribution in [2.45, 2.75) is 0 Å². The summed E-state index contributed by atoms with van der Waals surface area (Å²) in [6.45, 7) is 0.689. The molecule has 0 heterocycles. The average molecular weight is 303 g/mol. The molecule has 0 amide bonds. The molecule has 0 aliphatic heterocycles. The third-order valence-electron chi connectivity index (χ3n) is 2.56. The standard InChI is InChI=1S/C17H15ClO3/c18-15-6-2-8-17(13-15)21-11-10-20-16-7-1-4-14(12-16)5-3-9-19/h1-2,4,6-8,12-13,19H,9-11H2. The van der Waals surface area contributed by atoms with Crippen molar-refractivity contribution in [3.05, 3.63) is 59.1 Å². The van der Waals surface area contributed by atoms with Crippen LogP contribution in [0.2, 0.25) is 5.02 Å². The van der Waals surface area contributed by atoms with E-state index in [1.807, 2.05) is 36.4 Å². The largest absolute Gasteiger partial charge is 0.490 e. The molecule has 0 saturated carbocycles. The maximum Gasteiger partial charge on any atom is 0.122 e. The summed E-state index contributed by atoms with van der Waals surface area (Å²) in [4.78, 5) is 0. The third kappa shape index (κ3) is 5.39. The number of hydrogen-bond acceptors (Lipinski definition) is 3. The summed E-state index contributed by atoms with van der Waals surface area (Å²) in [5, 5.41) is 9.31. The minimum absolute atomic E-state index is 0.154. The van der Waals surface area contributed by atoms with Gasteiger partial charge >= 0.3 is 0 Å². The molecule has 0 saturated heterocycles. The average Bonchev–Trinajstić information content (AvgIpc) is 2.50. The predicted octanol–water partition coefficient (Wildman–Crippen LogP) is 3.14. The van der Waals surface area contributed by atoms with Crippen LogP contribution in [0.4, 0.5) is 0 Å². The first-order chi connectivity index (χ1) is 10.3.